The zero-order valence-electron chi connectivity index (χ0n) is 20.9. The molecule has 2 aromatic rings. The Hall–Kier alpha value is -3.44. The van der Waals surface area contributed by atoms with E-state index in [2.05, 4.69) is 34.1 Å². The molecular weight excluding hydrogens is 452 g/mol. The zero-order chi connectivity index (χ0) is 25.1. The van der Waals surface area contributed by atoms with Crippen LogP contribution in [-0.4, -0.2) is 64.8 Å². The summed E-state index contributed by atoms with van der Waals surface area (Å²) in [6.45, 7) is 3.29. The molecule has 36 heavy (non-hydrogen) atoms. The summed E-state index contributed by atoms with van der Waals surface area (Å²) >= 11 is 0. The van der Waals surface area contributed by atoms with Crippen molar-refractivity contribution in [2.75, 3.05) is 38.5 Å². The van der Waals surface area contributed by atoms with Crippen molar-refractivity contribution in [3.8, 4) is 11.8 Å². The molecule has 3 aliphatic rings. The first kappa shape index (κ1) is 24.3. The number of amides is 2. The third-order valence-corrected chi connectivity index (χ3v) is 7.51. The van der Waals surface area contributed by atoms with Crippen molar-refractivity contribution in [3.05, 3.63) is 47.3 Å². The molecule has 0 bridgehead atoms. The molecule has 1 aliphatic heterocycles. The number of benzene rings is 1. The summed E-state index contributed by atoms with van der Waals surface area (Å²) in [6, 6.07) is 7.45. The van der Waals surface area contributed by atoms with Gasteiger partial charge in [0.15, 0.2) is 0 Å². The minimum absolute atomic E-state index is 0.0624. The number of nitrogens with one attached hydrogen (secondary N) is 1. The van der Waals surface area contributed by atoms with Crippen LogP contribution in [0.1, 0.15) is 53.7 Å². The molecule has 1 saturated heterocycles. The molecule has 0 radical (unpaired) electrons. The highest BCUT2D eigenvalue weighted by Crippen LogP contribution is 2.34. The summed E-state index contributed by atoms with van der Waals surface area (Å²) in [4.78, 5) is 38.2. The highest BCUT2D eigenvalue weighted by atomic mass is 16.2. The maximum atomic E-state index is 12.8. The fourth-order valence-corrected chi connectivity index (χ4v) is 5.07. The van der Waals surface area contributed by atoms with Crippen molar-refractivity contribution in [2.24, 2.45) is 23.5 Å². The highest BCUT2D eigenvalue weighted by Gasteiger charge is 2.32. The Kier molecular flexibility index (Phi) is 7.19. The number of hydrogen-bond acceptors (Lipinski definition) is 6. The third kappa shape index (κ3) is 5.85. The predicted octanol–water partition coefficient (Wildman–Crippen LogP) is 2.81. The Morgan fingerprint density at radius 1 is 1.08 bits per heavy atom. The van der Waals surface area contributed by atoms with Crippen molar-refractivity contribution in [1.29, 1.82) is 0 Å². The Labute approximate surface area is 212 Å². The zero-order valence-corrected chi connectivity index (χ0v) is 20.9. The smallest absolute Gasteiger partial charge is 0.253 e. The molecule has 8 heteroatoms. The molecule has 3 fully saturated rings. The quantitative estimate of drug-likeness (QED) is 0.609. The number of rotatable bonds is 6. The van der Waals surface area contributed by atoms with Gasteiger partial charge < -0.3 is 20.9 Å². The second kappa shape index (κ2) is 10.7. The van der Waals surface area contributed by atoms with E-state index in [1.807, 2.05) is 29.2 Å². The normalized spacial score (nSPS) is 22.1. The maximum absolute atomic E-state index is 12.8. The monoisotopic (exact) mass is 486 g/mol. The lowest BCUT2D eigenvalue weighted by atomic mass is 9.90. The van der Waals surface area contributed by atoms with Gasteiger partial charge in [0.2, 0.25) is 11.9 Å². The number of anilines is 2. The van der Waals surface area contributed by atoms with E-state index < -0.39 is 0 Å². The van der Waals surface area contributed by atoms with Crippen LogP contribution in [0, 0.1) is 29.6 Å². The number of primary amides is 1. The average molecular weight is 487 g/mol. The summed E-state index contributed by atoms with van der Waals surface area (Å²) < 4.78 is 0. The van der Waals surface area contributed by atoms with E-state index in [4.69, 9.17) is 10.7 Å². The molecule has 188 valence electrons. The topological polar surface area (TPSA) is 104 Å². The number of nitrogens with two attached hydrogens (primary N) is 1. The van der Waals surface area contributed by atoms with Crippen molar-refractivity contribution >= 4 is 23.5 Å². The Balaban J connectivity index is 1.30. The first-order valence-corrected chi connectivity index (χ1v) is 13.0. The van der Waals surface area contributed by atoms with Crippen LogP contribution in [0.15, 0.2) is 30.5 Å². The number of aromatic nitrogens is 2. The lowest BCUT2D eigenvalue weighted by molar-refractivity contribution is -0.122. The van der Waals surface area contributed by atoms with Gasteiger partial charge in [-0.1, -0.05) is 18.3 Å². The van der Waals surface area contributed by atoms with Gasteiger partial charge in [-0.2, -0.15) is 0 Å². The average Bonchev–Trinajstić information content (AvgIpc) is 3.59. The molecule has 2 atom stereocenters. The molecule has 0 spiro atoms. The van der Waals surface area contributed by atoms with E-state index in [-0.39, 0.29) is 23.7 Å². The molecule has 3 N–H and O–H groups in total. The van der Waals surface area contributed by atoms with Crippen molar-refractivity contribution in [3.63, 3.8) is 0 Å². The summed E-state index contributed by atoms with van der Waals surface area (Å²) in [6.07, 6.45) is 7.58. The molecule has 2 heterocycles. The molecule has 0 unspecified atom stereocenters. The van der Waals surface area contributed by atoms with Gasteiger partial charge in [-0.15, -0.1) is 0 Å². The lowest BCUT2D eigenvalue weighted by Gasteiger charge is -2.32. The summed E-state index contributed by atoms with van der Waals surface area (Å²) in [5.41, 5.74) is 8.84. The van der Waals surface area contributed by atoms with Crippen LogP contribution in [0.4, 0.5) is 11.6 Å². The van der Waals surface area contributed by atoms with Crippen LogP contribution >= 0.6 is 0 Å². The molecule has 1 aromatic carbocycles. The Morgan fingerprint density at radius 2 is 1.83 bits per heavy atom. The van der Waals surface area contributed by atoms with Gasteiger partial charge >= 0.3 is 0 Å². The molecule has 2 saturated carbocycles. The fourth-order valence-electron chi connectivity index (χ4n) is 5.07. The first-order chi connectivity index (χ1) is 17.5. The largest absolute Gasteiger partial charge is 0.369 e. The van der Waals surface area contributed by atoms with Gasteiger partial charge in [-0.05, 0) is 69.3 Å². The molecule has 5 rings (SSSR count). The van der Waals surface area contributed by atoms with Crippen LogP contribution < -0.4 is 11.1 Å². The molecule has 1 aromatic heterocycles. The van der Waals surface area contributed by atoms with E-state index in [1.54, 1.807) is 6.20 Å². The number of likely N-dealkylation sites (N-methyl/N-ethyl adjacent to an activating group) is 1. The van der Waals surface area contributed by atoms with Gasteiger partial charge in [-0.25, -0.2) is 9.97 Å². The molecule has 2 aliphatic carbocycles. The van der Waals surface area contributed by atoms with Crippen molar-refractivity contribution < 1.29 is 9.59 Å². The van der Waals surface area contributed by atoms with Crippen LogP contribution in [-0.2, 0) is 11.2 Å². The Morgan fingerprint density at radius 3 is 2.53 bits per heavy atom. The fraction of sp³-hybridized carbons (Fsp3) is 0.500. The summed E-state index contributed by atoms with van der Waals surface area (Å²) in [7, 11) is 2.08. The molecule has 2 amide bonds. The van der Waals surface area contributed by atoms with Crippen LogP contribution in [0.5, 0.6) is 0 Å². The van der Waals surface area contributed by atoms with Gasteiger partial charge in [0.1, 0.15) is 0 Å². The first-order valence-electron chi connectivity index (χ1n) is 13.0. The van der Waals surface area contributed by atoms with Crippen molar-refractivity contribution in [2.45, 2.75) is 38.5 Å². The van der Waals surface area contributed by atoms with Crippen molar-refractivity contribution in [1.82, 2.24) is 19.8 Å². The maximum Gasteiger partial charge on any atom is 0.253 e. The Bertz CT molecular complexity index is 1170. The van der Waals surface area contributed by atoms with Crippen LogP contribution in [0.2, 0.25) is 0 Å². The van der Waals surface area contributed by atoms with Gasteiger partial charge in [-0.3, -0.25) is 9.59 Å². The molecule has 8 nitrogen and oxygen atoms in total. The van der Waals surface area contributed by atoms with E-state index in [0.717, 1.165) is 75.2 Å². The minimum Gasteiger partial charge on any atom is -0.369 e. The SMILES string of the molecule is CN1CCN(C(=O)c2ccc(Nc3ncc(C#CC4CC4)c(C[C@@H]4CCC[C@@H]4C(N)=O)n3)cc2)CC1. The number of carbonyl (C=O) groups is 2. The van der Waals surface area contributed by atoms with E-state index in [9.17, 15) is 9.59 Å². The lowest BCUT2D eigenvalue weighted by Crippen LogP contribution is -2.47. The standard InChI is InChI=1S/C28H34N6O2/c1-33-13-15-34(16-14-33)27(36)20-9-11-23(12-10-20)31-28-30-18-22(8-7-19-5-6-19)25(32-28)17-21-3-2-4-24(21)26(29)35/h9-12,18-19,21,24H,2-6,13-17H2,1H3,(H2,29,35)(H,30,31,32)/t21-,24-/m0/s1. The number of piperazine rings is 1. The number of carbonyl (C=O) groups excluding carboxylic acids is 2. The number of hydrogen-bond donors (Lipinski definition) is 2. The number of nitrogens with zero attached hydrogens (tertiary/aromatic N) is 4. The van der Waals surface area contributed by atoms with E-state index >= 15 is 0 Å². The third-order valence-electron chi connectivity index (χ3n) is 7.51. The van der Waals surface area contributed by atoms with E-state index in [1.165, 1.54) is 0 Å². The summed E-state index contributed by atoms with van der Waals surface area (Å²) in [5.74, 6) is 7.46. The van der Waals surface area contributed by atoms with E-state index in [0.29, 0.717) is 23.9 Å². The van der Waals surface area contributed by atoms with Gasteiger partial charge in [0.25, 0.3) is 5.91 Å². The second-order valence-electron chi connectivity index (χ2n) is 10.3. The highest BCUT2D eigenvalue weighted by molar-refractivity contribution is 5.94. The molecular formula is C28H34N6O2. The second-order valence-corrected chi connectivity index (χ2v) is 10.3. The van der Waals surface area contributed by atoms with Gasteiger partial charge in [0.05, 0.1) is 11.3 Å². The van der Waals surface area contributed by atoms with Gasteiger partial charge in [0, 0.05) is 55.5 Å². The minimum atomic E-state index is -0.221. The summed E-state index contributed by atoms with van der Waals surface area (Å²) in [5, 5.41) is 3.27. The van der Waals surface area contributed by atoms with Crippen LogP contribution in [0.25, 0.3) is 0 Å². The van der Waals surface area contributed by atoms with Crippen LogP contribution in [0.3, 0.4) is 0 Å². The predicted molar refractivity (Wildman–Crippen MR) is 138 cm³/mol.